The molecule has 6 nitrogen and oxygen atoms in total. The van der Waals surface area contributed by atoms with E-state index in [0.717, 1.165) is 4.47 Å². The number of aromatic nitrogens is 1. The van der Waals surface area contributed by atoms with Crippen molar-refractivity contribution in [2.24, 2.45) is 11.5 Å². The maximum Gasteiger partial charge on any atom is 0.274 e. The van der Waals surface area contributed by atoms with Crippen molar-refractivity contribution < 1.29 is 18.3 Å². The van der Waals surface area contributed by atoms with Gasteiger partial charge in [-0.1, -0.05) is 18.7 Å². The Hall–Kier alpha value is -2.36. The van der Waals surface area contributed by atoms with Crippen LogP contribution >= 0.6 is 15.9 Å². The van der Waals surface area contributed by atoms with E-state index < -0.39 is 24.5 Å². The average Bonchev–Trinajstić information content (AvgIpc) is 2.61. The molecule has 1 atom stereocenters. The van der Waals surface area contributed by atoms with Gasteiger partial charge in [0.05, 0.1) is 13.2 Å². The molecule has 144 valence electrons. The van der Waals surface area contributed by atoms with Gasteiger partial charge in [0.25, 0.3) is 12.3 Å². The summed E-state index contributed by atoms with van der Waals surface area (Å²) in [5.41, 5.74) is 10.0. The molecule has 0 bridgehead atoms. The average molecular weight is 441 g/mol. The first-order chi connectivity index (χ1) is 12.7. The second-order valence-electron chi connectivity index (χ2n) is 5.89. The van der Waals surface area contributed by atoms with Gasteiger partial charge in [-0.3, -0.25) is 4.79 Å². The van der Waals surface area contributed by atoms with Crippen molar-refractivity contribution in [1.82, 2.24) is 4.98 Å². The number of ether oxygens (including phenoxy) is 1. The van der Waals surface area contributed by atoms with Gasteiger partial charge in [-0.2, -0.15) is 0 Å². The third-order valence-corrected chi connectivity index (χ3v) is 4.10. The van der Waals surface area contributed by atoms with Gasteiger partial charge < -0.3 is 21.5 Å². The maximum absolute atomic E-state index is 13.6. The Balaban J connectivity index is 2.19. The van der Waals surface area contributed by atoms with E-state index in [1.807, 2.05) is 0 Å². The van der Waals surface area contributed by atoms with Gasteiger partial charge in [-0.25, -0.2) is 13.8 Å². The molecule has 1 unspecified atom stereocenters. The van der Waals surface area contributed by atoms with Crippen LogP contribution in [0.25, 0.3) is 0 Å². The summed E-state index contributed by atoms with van der Waals surface area (Å²) >= 11 is 3.23. The summed E-state index contributed by atoms with van der Waals surface area (Å²) in [5, 5.41) is 2.61. The molecular formula is C18H19BrF2N4O2. The van der Waals surface area contributed by atoms with Crippen molar-refractivity contribution in [2.45, 2.75) is 12.0 Å². The van der Waals surface area contributed by atoms with Gasteiger partial charge in [-0.15, -0.1) is 0 Å². The van der Waals surface area contributed by atoms with E-state index in [0.29, 0.717) is 5.69 Å². The Labute approximate surface area is 163 Å². The summed E-state index contributed by atoms with van der Waals surface area (Å²) in [7, 11) is 0. The summed E-state index contributed by atoms with van der Waals surface area (Å²) in [6, 6.07) is 9.11. The van der Waals surface area contributed by atoms with Gasteiger partial charge >= 0.3 is 0 Å². The highest BCUT2D eigenvalue weighted by Crippen LogP contribution is 2.28. The molecule has 0 aliphatic carbocycles. The van der Waals surface area contributed by atoms with Crippen LogP contribution in [0.4, 0.5) is 14.5 Å². The van der Waals surface area contributed by atoms with Gasteiger partial charge in [0.1, 0.15) is 11.2 Å². The number of hydrogen-bond donors (Lipinski definition) is 3. The first-order valence-corrected chi connectivity index (χ1v) is 8.63. The first kappa shape index (κ1) is 20.9. The first-order valence-electron chi connectivity index (χ1n) is 7.84. The molecule has 0 aliphatic heterocycles. The summed E-state index contributed by atoms with van der Waals surface area (Å²) in [4.78, 5) is 16.2. The zero-order valence-electron chi connectivity index (χ0n) is 14.3. The third-order valence-electron chi connectivity index (χ3n) is 3.64. The van der Waals surface area contributed by atoms with Crippen LogP contribution in [0.15, 0.2) is 59.3 Å². The summed E-state index contributed by atoms with van der Waals surface area (Å²) in [5.74, 6) is -0.477. The van der Waals surface area contributed by atoms with Crippen LogP contribution in [0.2, 0.25) is 0 Å². The number of carbonyl (C=O) groups is 1. The Kier molecular flexibility index (Phi) is 7.00. The zero-order chi connectivity index (χ0) is 20.0. The van der Waals surface area contributed by atoms with Crippen LogP contribution < -0.4 is 16.8 Å². The maximum atomic E-state index is 13.6. The number of pyridine rings is 1. The van der Waals surface area contributed by atoms with Crippen molar-refractivity contribution in [3.8, 4) is 0 Å². The molecule has 27 heavy (non-hydrogen) atoms. The van der Waals surface area contributed by atoms with Gasteiger partial charge in [0.2, 0.25) is 0 Å². The molecule has 0 saturated heterocycles. The molecule has 0 spiro atoms. The van der Waals surface area contributed by atoms with E-state index in [9.17, 15) is 13.6 Å². The molecular weight excluding hydrogens is 422 g/mol. The van der Waals surface area contributed by atoms with Crippen molar-refractivity contribution in [2.75, 3.05) is 18.5 Å². The van der Waals surface area contributed by atoms with Crippen molar-refractivity contribution >= 4 is 27.5 Å². The lowest BCUT2D eigenvalue weighted by molar-refractivity contribution is -0.00859. The van der Waals surface area contributed by atoms with Crippen LogP contribution in [0, 0.1) is 0 Å². The molecule has 1 heterocycles. The molecule has 1 aromatic heterocycles. The lowest BCUT2D eigenvalue weighted by atomic mass is 9.92. The Morgan fingerprint density at radius 2 is 2.11 bits per heavy atom. The summed E-state index contributed by atoms with van der Waals surface area (Å²) in [6.45, 7) is 2.89. The largest absolute Gasteiger partial charge is 0.401 e. The molecule has 9 heteroatoms. The molecule has 5 N–H and O–H groups in total. The normalized spacial score (nSPS) is 13.2. The molecule has 1 aromatic carbocycles. The predicted octanol–water partition coefficient (Wildman–Crippen LogP) is 3.00. The van der Waals surface area contributed by atoms with Crippen LogP contribution in [-0.2, 0) is 10.3 Å². The fraction of sp³-hybridized carbons (Fsp3) is 0.222. The number of nitrogens with one attached hydrogen (secondary N) is 1. The van der Waals surface area contributed by atoms with E-state index in [4.69, 9.17) is 16.2 Å². The number of nitrogens with zero attached hydrogens (tertiary/aromatic N) is 1. The lowest BCUT2D eigenvalue weighted by Gasteiger charge is -2.29. The van der Waals surface area contributed by atoms with E-state index in [-0.39, 0.29) is 23.6 Å². The summed E-state index contributed by atoms with van der Waals surface area (Å²) in [6.07, 6.45) is -1.42. The van der Waals surface area contributed by atoms with Crippen LogP contribution in [0.5, 0.6) is 0 Å². The highest BCUT2D eigenvalue weighted by atomic mass is 79.9. The molecule has 2 rings (SSSR count). The monoisotopic (exact) mass is 440 g/mol. The molecule has 2 aromatic rings. The molecule has 0 fully saturated rings. The second kappa shape index (κ2) is 9.03. The Morgan fingerprint density at radius 1 is 1.37 bits per heavy atom. The van der Waals surface area contributed by atoms with E-state index in [1.165, 1.54) is 30.5 Å². The van der Waals surface area contributed by atoms with E-state index in [2.05, 4.69) is 32.8 Å². The van der Waals surface area contributed by atoms with Crippen molar-refractivity contribution in [1.29, 1.82) is 0 Å². The third kappa shape index (κ3) is 5.56. The predicted molar refractivity (Wildman–Crippen MR) is 102 cm³/mol. The number of halogens is 3. The number of rotatable bonds is 8. The molecule has 0 radical (unpaired) electrons. The lowest BCUT2D eigenvalue weighted by Crippen LogP contribution is -2.48. The van der Waals surface area contributed by atoms with Gasteiger partial charge in [0.15, 0.2) is 0 Å². The number of carbonyl (C=O) groups excluding carboxylic acids is 1. The number of anilines is 1. The Bertz CT molecular complexity index is 817. The van der Waals surface area contributed by atoms with Gasteiger partial charge in [0, 0.05) is 22.1 Å². The Morgan fingerprint density at radius 3 is 2.70 bits per heavy atom. The highest BCUT2D eigenvalue weighted by molar-refractivity contribution is 9.10. The minimum atomic E-state index is -2.90. The fourth-order valence-corrected chi connectivity index (χ4v) is 2.45. The second-order valence-corrected chi connectivity index (χ2v) is 6.80. The SMILES string of the molecule is C=C(N)COCC(N)(c1cccc(NC(=O)c2ccc(Br)cn2)c1)C(F)F. The van der Waals surface area contributed by atoms with Crippen LogP contribution in [0.3, 0.4) is 0 Å². The summed E-state index contributed by atoms with van der Waals surface area (Å²) < 4.78 is 33.1. The van der Waals surface area contributed by atoms with Crippen LogP contribution in [0.1, 0.15) is 16.1 Å². The van der Waals surface area contributed by atoms with Crippen LogP contribution in [-0.4, -0.2) is 30.5 Å². The smallest absolute Gasteiger partial charge is 0.274 e. The number of alkyl halides is 2. The fourth-order valence-electron chi connectivity index (χ4n) is 2.22. The number of hydrogen-bond acceptors (Lipinski definition) is 5. The molecule has 1 amide bonds. The van der Waals surface area contributed by atoms with Gasteiger partial charge in [-0.05, 0) is 45.8 Å². The highest BCUT2D eigenvalue weighted by Gasteiger charge is 2.38. The molecule has 0 saturated carbocycles. The van der Waals surface area contributed by atoms with E-state index in [1.54, 1.807) is 12.1 Å². The standard InChI is InChI=1S/C18H19BrF2N4O2/c1-11(22)9-27-10-18(23,17(20)21)12-3-2-4-14(7-12)25-16(26)15-6-5-13(19)8-24-15/h2-8,17H,1,9-10,22-23H2,(H,25,26). The molecule has 0 aliphatic rings. The number of nitrogens with two attached hydrogens (primary N) is 2. The zero-order valence-corrected chi connectivity index (χ0v) is 15.9. The van der Waals surface area contributed by atoms with Crippen molar-refractivity contribution in [3.63, 3.8) is 0 Å². The minimum Gasteiger partial charge on any atom is -0.401 e. The number of benzene rings is 1. The minimum absolute atomic E-state index is 0.0860. The van der Waals surface area contributed by atoms with Crippen molar-refractivity contribution in [3.05, 3.63) is 70.6 Å². The number of amides is 1. The topological polar surface area (TPSA) is 103 Å². The van der Waals surface area contributed by atoms with E-state index >= 15 is 0 Å². The quantitative estimate of drug-likeness (QED) is 0.585.